The zero-order chi connectivity index (χ0) is 12.5. The highest BCUT2D eigenvalue weighted by Gasteiger charge is 2.04. The van der Waals surface area contributed by atoms with Crippen molar-refractivity contribution in [3.8, 4) is 5.19 Å². The summed E-state index contributed by atoms with van der Waals surface area (Å²) < 4.78 is 5.53. The third kappa shape index (κ3) is 6.58. The summed E-state index contributed by atoms with van der Waals surface area (Å²) in [4.78, 5) is 0. The van der Waals surface area contributed by atoms with Gasteiger partial charge in [0.2, 0.25) is 0 Å². The predicted molar refractivity (Wildman–Crippen MR) is 71.5 cm³/mol. The summed E-state index contributed by atoms with van der Waals surface area (Å²) in [6.45, 7) is 9.11. The number of rotatable bonds is 9. The van der Waals surface area contributed by atoms with Gasteiger partial charge in [-0.05, 0) is 18.9 Å². The van der Waals surface area contributed by atoms with E-state index < -0.39 is 0 Å². The second-order valence-electron chi connectivity index (χ2n) is 4.54. The van der Waals surface area contributed by atoms with Gasteiger partial charge in [-0.25, -0.2) is 0 Å². The molecule has 4 nitrogen and oxygen atoms in total. The van der Waals surface area contributed by atoms with Crippen LogP contribution in [-0.2, 0) is 6.54 Å². The smallest absolute Gasteiger partial charge is 0.294 e. The minimum absolute atomic E-state index is 0.660. The molecule has 1 aromatic heterocycles. The van der Waals surface area contributed by atoms with Crippen molar-refractivity contribution in [1.29, 1.82) is 0 Å². The molecular formula is C12H23N3OS. The Labute approximate surface area is 108 Å². The molecule has 1 aromatic rings. The summed E-state index contributed by atoms with van der Waals surface area (Å²) in [6, 6.07) is 0. The van der Waals surface area contributed by atoms with Crippen LogP contribution in [0.15, 0.2) is 0 Å². The van der Waals surface area contributed by atoms with Crippen molar-refractivity contribution in [3.63, 3.8) is 0 Å². The summed E-state index contributed by atoms with van der Waals surface area (Å²) >= 11 is 1.54. The van der Waals surface area contributed by atoms with E-state index in [9.17, 15) is 0 Å². The average Bonchev–Trinajstić information content (AvgIpc) is 2.72. The van der Waals surface area contributed by atoms with Gasteiger partial charge < -0.3 is 10.1 Å². The highest BCUT2D eigenvalue weighted by Crippen LogP contribution is 2.17. The van der Waals surface area contributed by atoms with Crippen LogP contribution in [0.4, 0.5) is 0 Å². The first kappa shape index (κ1) is 14.4. The maximum absolute atomic E-state index is 5.53. The summed E-state index contributed by atoms with van der Waals surface area (Å²) in [7, 11) is 0. The monoisotopic (exact) mass is 257 g/mol. The molecular weight excluding hydrogens is 234 g/mol. The van der Waals surface area contributed by atoms with Crippen LogP contribution in [0, 0.1) is 5.92 Å². The van der Waals surface area contributed by atoms with Crippen LogP contribution in [0.1, 0.15) is 45.0 Å². The van der Waals surface area contributed by atoms with Crippen LogP contribution < -0.4 is 10.1 Å². The summed E-state index contributed by atoms with van der Waals surface area (Å²) in [5.74, 6) is 0.660. The molecule has 0 spiro atoms. The van der Waals surface area contributed by atoms with Crippen molar-refractivity contribution in [2.24, 2.45) is 5.92 Å². The average molecular weight is 257 g/mol. The molecule has 0 aliphatic heterocycles. The van der Waals surface area contributed by atoms with Gasteiger partial charge in [0.15, 0.2) is 0 Å². The van der Waals surface area contributed by atoms with Gasteiger partial charge in [-0.15, -0.1) is 10.2 Å². The fraction of sp³-hybridized carbons (Fsp3) is 0.833. The lowest BCUT2D eigenvalue weighted by Gasteiger charge is -2.04. The quantitative estimate of drug-likeness (QED) is 0.691. The van der Waals surface area contributed by atoms with E-state index in [1.54, 1.807) is 0 Å². The molecule has 0 unspecified atom stereocenters. The number of ether oxygens (including phenoxy) is 1. The van der Waals surface area contributed by atoms with E-state index in [-0.39, 0.29) is 0 Å². The molecule has 0 amide bonds. The van der Waals surface area contributed by atoms with Crippen LogP contribution in [0.3, 0.4) is 0 Å². The number of unbranched alkanes of at least 4 members (excludes halogenated alkanes) is 2. The first-order valence-electron chi connectivity index (χ1n) is 6.38. The van der Waals surface area contributed by atoms with E-state index in [0.29, 0.717) is 11.1 Å². The van der Waals surface area contributed by atoms with Crippen molar-refractivity contribution in [1.82, 2.24) is 15.5 Å². The number of nitrogens with one attached hydrogen (secondary N) is 1. The van der Waals surface area contributed by atoms with Crippen LogP contribution in [0.2, 0.25) is 0 Å². The summed E-state index contributed by atoms with van der Waals surface area (Å²) in [6.07, 6.45) is 3.52. The third-order valence-corrected chi connectivity index (χ3v) is 3.09. The molecule has 0 fully saturated rings. The number of aromatic nitrogens is 2. The van der Waals surface area contributed by atoms with Crippen molar-refractivity contribution < 1.29 is 4.74 Å². The van der Waals surface area contributed by atoms with E-state index in [1.165, 1.54) is 24.2 Å². The van der Waals surface area contributed by atoms with Gasteiger partial charge >= 0.3 is 0 Å². The predicted octanol–water partition coefficient (Wildman–Crippen LogP) is 2.85. The lowest BCUT2D eigenvalue weighted by Crippen LogP contribution is -2.18. The number of hydrogen-bond donors (Lipinski definition) is 1. The van der Waals surface area contributed by atoms with Crippen molar-refractivity contribution in [3.05, 3.63) is 5.01 Å². The molecule has 17 heavy (non-hydrogen) atoms. The van der Waals surface area contributed by atoms with Gasteiger partial charge in [-0.3, -0.25) is 0 Å². The Balaban J connectivity index is 2.18. The first-order valence-corrected chi connectivity index (χ1v) is 7.20. The fourth-order valence-corrected chi connectivity index (χ4v) is 2.03. The van der Waals surface area contributed by atoms with Gasteiger partial charge in [0.25, 0.3) is 5.19 Å². The van der Waals surface area contributed by atoms with Crippen LogP contribution in [0.25, 0.3) is 0 Å². The topological polar surface area (TPSA) is 47.0 Å². The van der Waals surface area contributed by atoms with Crippen LogP contribution in [-0.4, -0.2) is 23.3 Å². The molecule has 0 radical (unpaired) electrons. The van der Waals surface area contributed by atoms with Gasteiger partial charge in [0.1, 0.15) is 5.01 Å². The van der Waals surface area contributed by atoms with Crippen molar-refractivity contribution in [2.75, 3.05) is 13.2 Å². The van der Waals surface area contributed by atoms with Crippen LogP contribution >= 0.6 is 11.3 Å². The number of hydrogen-bond acceptors (Lipinski definition) is 5. The molecule has 0 atom stereocenters. The first-order chi connectivity index (χ1) is 8.22. The Kier molecular flexibility index (Phi) is 7.12. The molecule has 0 saturated heterocycles. The Morgan fingerprint density at radius 3 is 2.82 bits per heavy atom. The molecule has 1 heterocycles. The highest BCUT2D eigenvalue weighted by atomic mass is 32.1. The van der Waals surface area contributed by atoms with Crippen LogP contribution in [0.5, 0.6) is 5.19 Å². The summed E-state index contributed by atoms with van der Waals surface area (Å²) in [5, 5.41) is 13.1. The minimum Gasteiger partial charge on any atom is -0.469 e. The molecule has 0 aromatic carbocycles. The molecule has 1 N–H and O–H groups in total. The Hall–Kier alpha value is -0.680. The Morgan fingerprint density at radius 1 is 1.29 bits per heavy atom. The van der Waals surface area contributed by atoms with E-state index in [1.807, 2.05) is 0 Å². The molecule has 98 valence electrons. The maximum Gasteiger partial charge on any atom is 0.294 e. The van der Waals surface area contributed by atoms with Crippen molar-refractivity contribution >= 4 is 11.3 Å². The zero-order valence-corrected chi connectivity index (χ0v) is 11.8. The maximum atomic E-state index is 5.53. The van der Waals surface area contributed by atoms with E-state index in [0.717, 1.165) is 31.1 Å². The van der Waals surface area contributed by atoms with E-state index >= 15 is 0 Å². The normalized spacial score (nSPS) is 11.1. The Morgan fingerprint density at radius 2 is 2.12 bits per heavy atom. The van der Waals surface area contributed by atoms with E-state index in [4.69, 9.17) is 4.74 Å². The number of nitrogens with zero attached hydrogens (tertiary/aromatic N) is 2. The molecule has 5 heteroatoms. The Bertz CT molecular complexity index is 302. The fourth-order valence-electron chi connectivity index (χ4n) is 1.35. The molecule has 0 aliphatic rings. The van der Waals surface area contributed by atoms with E-state index in [2.05, 4.69) is 36.3 Å². The molecule has 0 aliphatic carbocycles. The summed E-state index contributed by atoms with van der Waals surface area (Å²) in [5.41, 5.74) is 0. The van der Waals surface area contributed by atoms with Gasteiger partial charge in [0.05, 0.1) is 6.61 Å². The second kappa shape index (κ2) is 8.42. The molecule has 0 saturated carbocycles. The van der Waals surface area contributed by atoms with Gasteiger partial charge in [-0.1, -0.05) is 44.9 Å². The molecule has 1 rings (SSSR count). The SMILES string of the molecule is CCCCCOc1nnc(CNCC(C)C)s1. The van der Waals surface area contributed by atoms with Crippen molar-refractivity contribution in [2.45, 2.75) is 46.6 Å². The molecule has 0 bridgehead atoms. The lowest BCUT2D eigenvalue weighted by atomic mass is 10.2. The van der Waals surface area contributed by atoms with Gasteiger partial charge in [-0.2, -0.15) is 0 Å². The second-order valence-corrected chi connectivity index (χ2v) is 5.57. The largest absolute Gasteiger partial charge is 0.469 e. The minimum atomic E-state index is 0.660. The zero-order valence-electron chi connectivity index (χ0n) is 11.0. The standard InChI is InChI=1S/C12H23N3OS/c1-4-5-6-7-16-12-15-14-11(17-12)9-13-8-10(2)3/h10,13H,4-9H2,1-3H3. The van der Waals surface area contributed by atoms with Gasteiger partial charge in [0, 0.05) is 6.54 Å². The highest BCUT2D eigenvalue weighted by molar-refractivity contribution is 7.13. The third-order valence-electron chi connectivity index (χ3n) is 2.25. The lowest BCUT2D eigenvalue weighted by molar-refractivity contribution is 0.302.